The monoisotopic (exact) mass is 473 g/mol. The van der Waals surface area contributed by atoms with Gasteiger partial charge in [-0.25, -0.2) is 24.4 Å². The molecule has 0 radical (unpaired) electrons. The normalized spacial score (nSPS) is 14.4. The largest absolute Gasteiger partial charge is 0.383 e. The van der Waals surface area contributed by atoms with Crippen LogP contribution in [0.3, 0.4) is 0 Å². The molecule has 0 atom stereocenters. The third kappa shape index (κ3) is 4.35. The van der Waals surface area contributed by atoms with E-state index in [2.05, 4.69) is 19.9 Å². The minimum Gasteiger partial charge on any atom is -0.383 e. The lowest BCUT2D eigenvalue weighted by Gasteiger charge is -2.34. The third-order valence-electron chi connectivity index (χ3n) is 6.05. The number of alkyl halides is 1. The van der Waals surface area contributed by atoms with Gasteiger partial charge in [-0.2, -0.15) is 0 Å². The van der Waals surface area contributed by atoms with Gasteiger partial charge in [0.05, 0.1) is 31.0 Å². The van der Waals surface area contributed by atoms with Crippen LogP contribution in [0.5, 0.6) is 0 Å². The molecule has 4 heterocycles. The number of amides is 1. The zero-order chi connectivity index (χ0) is 24.6. The number of fused-ring (bicyclic) bond motifs is 1. The summed E-state index contributed by atoms with van der Waals surface area (Å²) in [7, 11) is 1.71. The number of hydrazine groups is 1. The molecule has 5 rings (SSSR count). The van der Waals surface area contributed by atoms with E-state index in [0.29, 0.717) is 34.1 Å². The maximum Gasteiger partial charge on any atom is 0.272 e. The molecule has 178 valence electrons. The SMILES string of the molecule is Cc1cc2cc(C(=O)N(Cc3ccc(C4(F)COC4)cn3)N(C)c3ncccn3)ccc2nc1N. The van der Waals surface area contributed by atoms with Crippen LogP contribution in [0.25, 0.3) is 10.9 Å². The van der Waals surface area contributed by atoms with E-state index in [4.69, 9.17) is 10.5 Å². The molecular formula is C25H24FN7O2. The van der Waals surface area contributed by atoms with Gasteiger partial charge in [0.15, 0.2) is 5.67 Å². The van der Waals surface area contributed by atoms with E-state index < -0.39 is 5.67 Å². The van der Waals surface area contributed by atoms with Crippen molar-refractivity contribution in [2.75, 3.05) is 31.0 Å². The number of nitrogen functional groups attached to an aromatic ring is 1. The first-order chi connectivity index (χ1) is 16.8. The second kappa shape index (κ2) is 8.88. The summed E-state index contributed by atoms with van der Waals surface area (Å²) in [6.07, 6.45) is 4.70. The van der Waals surface area contributed by atoms with Gasteiger partial charge in [-0.3, -0.25) is 14.8 Å². The minimum absolute atomic E-state index is 0.0225. The van der Waals surface area contributed by atoms with Crippen LogP contribution >= 0.6 is 0 Å². The van der Waals surface area contributed by atoms with E-state index in [-0.39, 0.29) is 25.7 Å². The van der Waals surface area contributed by atoms with Gasteiger partial charge in [-0.05, 0) is 48.9 Å². The Morgan fingerprint density at radius 1 is 1.14 bits per heavy atom. The van der Waals surface area contributed by atoms with Crippen molar-refractivity contribution in [1.82, 2.24) is 24.9 Å². The van der Waals surface area contributed by atoms with Gasteiger partial charge in [0.2, 0.25) is 5.95 Å². The van der Waals surface area contributed by atoms with Crippen molar-refractivity contribution in [3.05, 3.63) is 83.4 Å². The number of halogens is 1. The molecule has 9 nitrogen and oxygen atoms in total. The van der Waals surface area contributed by atoms with Crippen LogP contribution in [-0.4, -0.2) is 51.1 Å². The Morgan fingerprint density at radius 3 is 2.57 bits per heavy atom. The molecule has 4 aromatic rings. The Bertz CT molecular complexity index is 1380. The molecule has 1 aliphatic rings. The zero-order valence-electron chi connectivity index (χ0n) is 19.3. The lowest BCUT2D eigenvalue weighted by Crippen LogP contribution is -2.45. The summed E-state index contributed by atoms with van der Waals surface area (Å²) in [6.45, 7) is 2.04. The standard InChI is InChI=1S/C25H24FN7O2/c1-16-10-18-11-17(4-7-21(18)31-22(16)27)23(34)33(32(2)24-28-8-3-9-29-24)13-20-6-5-19(12-30-20)25(26)14-35-15-25/h3-12H,13-15H2,1-2H3,(H2,27,31). The van der Waals surface area contributed by atoms with Gasteiger partial charge in [-0.1, -0.05) is 6.07 Å². The summed E-state index contributed by atoms with van der Waals surface area (Å²) in [6, 6.07) is 12.3. The van der Waals surface area contributed by atoms with Crippen LogP contribution < -0.4 is 10.7 Å². The quantitative estimate of drug-likeness (QED) is 0.425. The number of hydrogen-bond acceptors (Lipinski definition) is 8. The Balaban J connectivity index is 1.48. The highest BCUT2D eigenvalue weighted by molar-refractivity contribution is 5.98. The molecule has 1 aromatic carbocycles. The number of pyridine rings is 2. The molecule has 1 aliphatic heterocycles. The summed E-state index contributed by atoms with van der Waals surface area (Å²) in [5.74, 6) is 0.520. The molecule has 0 bridgehead atoms. The predicted octanol–water partition coefficient (Wildman–Crippen LogP) is 3.20. The van der Waals surface area contributed by atoms with Crippen LogP contribution in [0.4, 0.5) is 16.2 Å². The van der Waals surface area contributed by atoms with Crippen molar-refractivity contribution in [3.63, 3.8) is 0 Å². The number of benzene rings is 1. The maximum absolute atomic E-state index is 14.6. The van der Waals surface area contributed by atoms with Crippen molar-refractivity contribution in [1.29, 1.82) is 0 Å². The highest BCUT2D eigenvalue weighted by Gasteiger charge is 2.41. The maximum atomic E-state index is 14.6. The second-order valence-corrected chi connectivity index (χ2v) is 8.53. The van der Waals surface area contributed by atoms with Crippen molar-refractivity contribution in [3.8, 4) is 0 Å². The van der Waals surface area contributed by atoms with E-state index >= 15 is 0 Å². The fraction of sp³-hybridized carbons (Fsp3) is 0.240. The summed E-state index contributed by atoms with van der Waals surface area (Å²) >= 11 is 0. The topological polar surface area (TPSA) is 110 Å². The van der Waals surface area contributed by atoms with Gasteiger partial charge in [0.1, 0.15) is 5.82 Å². The number of rotatable bonds is 6. The number of hydrogen-bond donors (Lipinski definition) is 1. The molecule has 0 unspecified atom stereocenters. The number of aryl methyl sites for hydroxylation is 1. The number of ether oxygens (including phenoxy) is 1. The van der Waals surface area contributed by atoms with Gasteiger partial charge in [0.25, 0.3) is 5.91 Å². The van der Waals surface area contributed by atoms with E-state index in [1.54, 1.807) is 60.8 Å². The molecule has 0 spiro atoms. The van der Waals surface area contributed by atoms with E-state index in [1.807, 2.05) is 13.0 Å². The Labute approximate surface area is 201 Å². The average molecular weight is 474 g/mol. The zero-order valence-corrected chi connectivity index (χ0v) is 19.3. The molecule has 2 N–H and O–H groups in total. The first-order valence-electron chi connectivity index (χ1n) is 11.1. The number of anilines is 2. The molecule has 3 aromatic heterocycles. The highest BCUT2D eigenvalue weighted by atomic mass is 19.1. The summed E-state index contributed by atoms with van der Waals surface area (Å²) in [4.78, 5) is 31.0. The Kier molecular flexibility index (Phi) is 5.73. The van der Waals surface area contributed by atoms with Crippen molar-refractivity contribution >= 4 is 28.6 Å². The van der Waals surface area contributed by atoms with Crippen LogP contribution in [0, 0.1) is 6.92 Å². The number of aromatic nitrogens is 4. The van der Waals surface area contributed by atoms with E-state index in [1.165, 1.54) is 11.2 Å². The van der Waals surface area contributed by atoms with E-state index in [0.717, 1.165) is 10.9 Å². The fourth-order valence-electron chi connectivity index (χ4n) is 3.84. The van der Waals surface area contributed by atoms with Gasteiger partial charge in [-0.15, -0.1) is 0 Å². The molecule has 0 saturated carbocycles. The highest BCUT2D eigenvalue weighted by Crippen LogP contribution is 2.33. The number of nitrogens with two attached hydrogens (primary N) is 1. The van der Waals surface area contributed by atoms with Gasteiger partial charge >= 0.3 is 0 Å². The molecule has 1 fully saturated rings. The Morgan fingerprint density at radius 2 is 1.91 bits per heavy atom. The summed E-state index contributed by atoms with van der Waals surface area (Å²) < 4.78 is 19.7. The van der Waals surface area contributed by atoms with Crippen LogP contribution in [-0.2, 0) is 17.0 Å². The first-order valence-corrected chi connectivity index (χ1v) is 11.1. The second-order valence-electron chi connectivity index (χ2n) is 8.53. The van der Waals surface area contributed by atoms with Crippen LogP contribution in [0.15, 0.2) is 61.1 Å². The van der Waals surface area contributed by atoms with Crippen molar-refractivity contribution in [2.24, 2.45) is 0 Å². The molecule has 0 aliphatic carbocycles. The summed E-state index contributed by atoms with van der Waals surface area (Å²) in [5, 5.41) is 3.87. The number of carbonyl (C=O) groups is 1. The minimum atomic E-state index is -1.50. The first kappa shape index (κ1) is 22.6. The number of carbonyl (C=O) groups excluding carboxylic acids is 1. The fourth-order valence-corrected chi connectivity index (χ4v) is 3.84. The van der Waals surface area contributed by atoms with Crippen molar-refractivity contribution in [2.45, 2.75) is 19.1 Å². The molecule has 10 heteroatoms. The van der Waals surface area contributed by atoms with E-state index in [9.17, 15) is 9.18 Å². The lowest BCUT2D eigenvalue weighted by molar-refractivity contribution is -0.135. The van der Waals surface area contributed by atoms with Gasteiger partial charge in [0, 0.05) is 42.2 Å². The van der Waals surface area contributed by atoms with Crippen LogP contribution in [0.2, 0.25) is 0 Å². The van der Waals surface area contributed by atoms with Gasteiger partial charge < -0.3 is 10.5 Å². The Hall–Kier alpha value is -4.18. The molecule has 35 heavy (non-hydrogen) atoms. The molecule has 1 saturated heterocycles. The molecule has 1 amide bonds. The lowest BCUT2D eigenvalue weighted by atomic mass is 9.95. The average Bonchev–Trinajstić information content (AvgIpc) is 2.86. The third-order valence-corrected chi connectivity index (χ3v) is 6.05. The van der Waals surface area contributed by atoms with Crippen LogP contribution in [0.1, 0.15) is 27.2 Å². The summed E-state index contributed by atoms with van der Waals surface area (Å²) in [5.41, 5.74) is 7.46. The smallest absolute Gasteiger partial charge is 0.272 e. The number of nitrogens with zero attached hydrogens (tertiary/aromatic N) is 6. The molecular weight excluding hydrogens is 449 g/mol. The predicted molar refractivity (Wildman–Crippen MR) is 129 cm³/mol. The van der Waals surface area contributed by atoms with Crippen molar-refractivity contribution < 1.29 is 13.9 Å².